The largest absolute Gasteiger partial charge is 0.342 e. The van der Waals surface area contributed by atoms with Gasteiger partial charge in [-0.25, -0.2) is 12.7 Å². The van der Waals surface area contributed by atoms with E-state index in [4.69, 9.17) is 5.73 Å². The zero-order valence-corrected chi connectivity index (χ0v) is 16.2. The van der Waals surface area contributed by atoms with Crippen LogP contribution in [-0.4, -0.2) is 56.3 Å². The molecular formula is C19H29N3O3S. The SMILES string of the molecule is CC1(CN)CCN(C(=O)C2CCCN(S(=O)(=O)Cc3ccccc3)C2)C1. The zero-order valence-electron chi connectivity index (χ0n) is 15.4. The van der Waals surface area contributed by atoms with Crippen LogP contribution in [0.3, 0.4) is 0 Å². The van der Waals surface area contributed by atoms with Crippen molar-refractivity contribution in [2.45, 2.75) is 31.9 Å². The number of hydrogen-bond acceptors (Lipinski definition) is 4. The number of likely N-dealkylation sites (tertiary alicyclic amines) is 1. The number of sulfonamides is 1. The highest BCUT2D eigenvalue weighted by Gasteiger charge is 2.39. The molecule has 2 atom stereocenters. The Morgan fingerprint density at radius 3 is 2.65 bits per heavy atom. The summed E-state index contributed by atoms with van der Waals surface area (Å²) in [4.78, 5) is 14.8. The Morgan fingerprint density at radius 2 is 2.00 bits per heavy atom. The summed E-state index contributed by atoms with van der Waals surface area (Å²) >= 11 is 0. The van der Waals surface area contributed by atoms with E-state index in [9.17, 15) is 13.2 Å². The Hall–Kier alpha value is -1.44. The number of benzene rings is 1. The molecular weight excluding hydrogens is 350 g/mol. The van der Waals surface area contributed by atoms with E-state index in [1.54, 1.807) is 0 Å². The van der Waals surface area contributed by atoms with Gasteiger partial charge >= 0.3 is 0 Å². The third-order valence-electron chi connectivity index (χ3n) is 5.68. The number of amides is 1. The molecule has 7 heteroatoms. The zero-order chi connectivity index (χ0) is 18.8. The summed E-state index contributed by atoms with van der Waals surface area (Å²) in [7, 11) is -3.41. The topological polar surface area (TPSA) is 83.7 Å². The van der Waals surface area contributed by atoms with Gasteiger partial charge in [-0.3, -0.25) is 4.79 Å². The van der Waals surface area contributed by atoms with E-state index in [-0.39, 0.29) is 23.0 Å². The Balaban J connectivity index is 1.64. The monoisotopic (exact) mass is 379 g/mol. The lowest BCUT2D eigenvalue weighted by Gasteiger charge is -2.33. The number of carbonyl (C=O) groups is 1. The molecule has 1 aromatic carbocycles. The lowest BCUT2D eigenvalue weighted by Crippen LogP contribution is -2.47. The average Bonchev–Trinajstić information content (AvgIpc) is 3.05. The summed E-state index contributed by atoms with van der Waals surface area (Å²) in [5, 5.41) is 0. The number of carbonyl (C=O) groups excluding carboxylic acids is 1. The number of nitrogens with zero attached hydrogens (tertiary/aromatic N) is 2. The molecule has 2 N–H and O–H groups in total. The van der Waals surface area contributed by atoms with Crippen molar-refractivity contribution < 1.29 is 13.2 Å². The molecule has 2 saturated heterocycles. The van der Waals surface area contributed by atoms with Gasteiger partial charge in [0.25, 0.3) is 0 Å². The molecule has 1 amide bonds. The molecule has 2 heterocycles. The first-order valence-electron chi connectivity index (χ1n) is 9.34. The predicted molar refractivity (Wildman–Crippen MR) is 102 cm³/mol. The first-order valence-corrected chi connectivity index (χ1v) is 10.9. The lowest BCUT2D eigenvalue weighted by atomic mass is 9.90. The van der Waals surface area contributed by atoms with E-state index in [2.05, 4.69) is 6.92 Å². The first-order chi connectivity index (χ1) is 12.3. The Kier molecular flexibility index (Phi) is 5.69. The second-order valence-corrected chi connectivity index (χ2v) is 9.93. The van der Waals surface area contributed by atoms with Gasteiger partial charge in [0.2, 0.25) is 15.9 Å². The number of rotatable bonds is 5. The van der Waals surface area contributed by atoms with Crippen molar-refractivity contribution >= 4 is 15.9 Å². The summed E-state index contributed by atoms with van der Waals surface area (Å²) in [5.74, 6) is -0.166. The van der Waals surface area contributed by atoms with E-state index in [0.29, 0.717) is 26.2 Å². The van der Waals surface area contributed by atoms with E-state index in [1.165, 1.54) is 4.31 Å². The normalized spacial score (nSPS) is 27.6. The molecule has 1 aromatic rings. The molecule has 6 nitrogen and oxygen atoms in total. The van der Waals surface area contributed by atoms with Crippen molar-refractivity contribution in [3.8, 4) is 0 Å². The molecule has 3 rings (SSSR count). The minimum absolute atomic E-state index is 0.0102. The fraction of sp³-hybridized carbons (Fsp3) is 0.632. The molecule has 2 aliphatic rings. The summed E-state index contributed by atoms with van der Waals surface area (Å²) in [6, 6.07) is 9.20. The van der Waals surface area contributed by atoms with Crippen LogP contribution < -0.4 is 5.73 Å². The van der Waals surface area contributed by atoms with Crippen molar-refractivity contribution in [1.29, 1.82) is 0 Å². The fourth-order valence-corrected chi connectivity index (χ4v) is 5.52. The first kappa shape index (κ1) is 19.3. The second kappa shape index (κ2) is 7.66. The van der Waals surface area contributed by atoms with Crippen molar-refractivity contribution in [3.05, 3.63) is 35.9 Å². The maximum absolute atomic E-state index is 12.9. The second-order valence-electron chi connectivity index (χ2n) is 7.96. The molecule has 0 radical (unpaired) electrons. The van der Waals surface area contributed by atoms with Crippen LogP contribution in [0.25, 0.3) is 0 Å². The highest BCUT2D eigenvalue weighted by molar-refractivity contribution is 7.88. The van der Waals surface area contributed by atoms with Gasteiger partial charge in [0, 0.05) is 26.2 Å². The Morgan fingerprint density at radius 1 is 1.27 bits per heavy atom. The molecule has 0 aromatic heterocycles. The maximum atomic E-state index is 12.9. The molecule has 0 spiro atoms. The van der Waals surface area contributed by atoms with Gasteiger partial charge in [0.1, 0.15) is 0 Å². The van der Waals surface area contributed by atoms with E-state index in [0.717, 1.165) is 31.4 Å². The number of hydrogen-bond donors (Lipinski definition) is 1. The minimum atomic E-state index is -3.41. The van der Waals surface area contributed by atoms with Crippen LogP contribution in [0.1, 0.15) is 31.7 Å². The van der Waals surface area contributed by atoms with Gasteiger partial charge in [-0.2, -0.15) is 0 Å². The highest BCUT2D eigenvalue weighted by Crippen LogP contribution is 2.31. The van der Waals surface area contributed by atoms with Crippen LogP contribution in [0, 0.1) is 11.3 Å². The van der Waals surface area contributed by atoms with Gasteiger partial charge in [-0.1, -0.05) is 37.3 Å². The van der Waals surface area contributed by atoms with Crippen LogP contribution in [0.4, 0.5) is 0 Å². The van der Waals surface area contributed by atoms with Crippen molar-refractivity contribution in [2.75, 3.05) is 32.7 Å². The molecule has 2 unspecified atom stereocenters. The van der Waals surface area contributed by atoms with E-state index >= 15 is 0 Å². The molecule has 0 aliphatic carbocycles. The van der Waals surface area contributed by atoms with Crippen LogP contribution in [0.15, 0.2) is 30.3 Å². The Labute approximate surface area is 156 Å². The molecule has 0 saturated carbocycles. The van der Waals surface area contributed by atoms with Crippen LogP contribution in [0.5, 0.6) is 0 Å². The van der Waals surface area contributed by atoms with E-state index < -0.39 is 10.0 Å². The molecule has 26 heavy (non-hydrogen) atoms. The summed E-state index contributed by atoms with van der Waals surface area (Å²) < 4.78 is 27.1. The smallest absolute Gasteiger partial charge is 0.227 e. The third-order valence-corrected chi connectivity index (χ3v) is 7.50. The molecule has 0 bridgehead atoms. The standard InChI is InChI=1S/C19H29N3O3S/c1-19(14-20)9-11-21(15-19)18(23)17-8-5-10-22(12-17)26(24,25)13-16-6-3-2-4-7-16/h2-4,6-7,17H,5,8-15,20H2,1H3. The molecule has 2 aliphatic heterocycles. The van der Waals surface area contributed by atoms with Gasteiger partial charge in [0.15, 0.2) is 0 Å². The Bertz CT molecular complexity index is 738. The summed E-state index contributed by atoms with van der Waals surface area (Å²) in [6.07, 6.45) is 2.40. The minimum Gasteiger partial charge on any atom is -0.342 e. The maximum Gasteiger partial charge on any atom is 0.227 e. The number of nitrogens with two attached hydrogens (primary N) is 1. The predicted octanol–water partition coefficient (Wildman–Crippen LogP) is 1.43. The van der Waals surface area contributed by atoms with Crippen molar-refractivity contribution in [1.82, 2.24) is 9.21 Å². The van der Waals surface area contributed by atoms with Crippen molar-refractivity contribution in [3.63, 3.8) is 0 Å². The van der Waals surface area contributed by atoms with Crippen LogP contribution >= 0.6 is 0 Å². The average molecular weight is 380 g/mol. The number of piperidine rings is 1. The quantitative estimate of drug-likeness (QED) is 0.839. The van der Waals surface area contributed by atoms with Crippen LogP contribution in [-0.2, 0) is 20.6 Å². The summed E-state index contributed by atoms with van der Waals surface area (Å²) in [5.41, 5.74) is 6.60. The lowest BCUT2D eigenvalue weighted by molar-refractivity contribution is -0.136. The van der Waals surface area contributed by atoms with Gasteiger partial charge < -0.3 is 10.6 Å². The van der Waals surface area contributed by atoms with Gasteiger partial charge in [-0.15, -0.1) is 0 Å². The van der Waals surface area contributed by atoms with E-state index in [1.807, 2.05) is 35.2 Å². The van der Waals surface area contributed by atoms with Gasteiger partial charge in [-0.05, 0) is 36.8 Å². The fourth-order valence-electron chi connectivity index (χ4n) is 3.91. The highest BCUT2D eigenvalue weighted by atomic mass is 32.2. The molecule has 144 valence electrons. The van der Waals surface area contributed by atoms with Gasteiger partial charge in [0.05, 0.1) is 11.7 Å². The summed E-state index contributed by atoms with van der Waals surface area (Å²) in [6.45, 7) is 4.87. The third kappa shape index (κ3) is 4.27. The van der Waals surface area contributed by atoms with Crippen LogP contribution in [0.2, 0.25) is 0 Å². The van der Waals surface area contributed by atoms with Crippen molar-refractivity contribution in [2.24, 2.45) is 17.1 Å². The molecule has 2 fully saturated rings.